The van der Waals surface area contributed by atoms with Crippen LogP contribution in [-0.4, -0.2) is 50.3 Å². The fourth-order valence-electron chi connectivity index (χ4n) is 1.87. The van der Waals surface area contributed by atoms with Gasteiger partial charge in [0.2, 0.25) is 0 Å². The summed E-state index contributed by atoms with van der Waals surface area (Å²) in [4.78, 5) is 2.20. The molecule has 1 aliphatic rings. The summed E-state index contributed by atoms with van der Waals surface area (Å²) in [5.74, 6) is 0. The SMILES string of the molecule is CCN(C1CCN(C)CC1)S(=O)(=O)Cl. The van der Waals surface area contributed by atoms with Crippen LogP contribution in [0, 0.1) is 0 Å². The van der Waals surface area contributed by atoms with Crippen molar-refractivity contribution in [2.75, 3.05) is 26.7 Å². The van der Waals surface area contributed by atoms with Crippen LogP contribution in [0.2, 0.25) is 0 Å². The van der Waals surface area contributed by atoms with Crippen molar-refractivity contribution >= 4 is 19.9 Å². The average molecular weight is 241 g/mol. The van der Waals surface area contributed by atoms with Gasteiger partial charge in [0.15, 0.2) is 0 Å². The van der Waals surface area contributed by atoms with E-state index in [2.05, 4.69) is 4.90 Å². The minimum atomic E-state index is -3.55. The topological polar surface area (TPSA) is 40.6 Å². The molecular formula is C8H17ClN2O2S. The van der Waals surface area contributed by atoms with E-state index in [9.17, 15) is 8.42 Å². The molecule has 14 heavy (non-hydrogen) atoms. The van der Waals surface area contributed by atoms with Gasteiger partial charge < -0.3 is 4.90 Å². The fourth-order valence-corrected chi connectivity index (χ4v) is 3.38. The second-order valence-corrected chi connectivity index (χ2v) is 6.14. The van der Waals surface area contributed by atoms with Crippen molar-refractivity contribution in [3.05, 3.63) is 0 Å². The van der Waals surface area contributed by atoms with Crippen LogP contribution in [0.5, 0.6) is 0 Å². The molecule has 0 amide bonds. The highest BCUT2D eigenvalue weighted by atomic mass is 35.7. The van der Waals surface area contributed by atoms with Crippen molar-refractivity contribution in [1.29, 1.82) is 0 Å². The number of rotatable bonds is 3. The molecule has 1 fully saturated rings. The maximum absolute atomic E-state index is 11.2. The third kappa shape index (κ3) is 3.08. The molecular weight excluding hydrogens is 224 g/mol. The number of hydrogen-bond acceptors (Lipinski definition) is 3. The predicted molar refractivity (Wildman–Crippen MR) is 57.7 cm³/mol. The first kappa shape index (κ1) is 12.2. The molecule has 6 heteroatoms. The van der Waals surface area contributed by atoms with E-state index in [-0.39, 0.29) is 6.04 Å². The molecule has 1 aliphatic heterocycles. The van der Waals surface area contributed by atoms with Gasteiger partial charge in [0, 0.05) is 23.3 Å². The fraction of sp³-hybridized carbons (Fsp3) is 1.00. The molecule has 0 unspecified atom stereocenters. The van der Waals surface area contributed by atoms with E-state index in [1.165, 1.54) is 4.31 Å². The second-order valence-electron chi connectivity index (χ2n) is 3.68. The zero-order chi connectivity index (χ0) is 10.8. The first-order chi connectivity index (χ1) is 6.45. The quantitative estimate of drug-likeness (QED) is 0.688. The Hall–Kier alpha value is 0.160. The van der Waals surface area contributed by atoms with E-state index >= 15 is 0 Å². The summed E-state index contributed by atoms with van der Waals surface area (Å²) < 4.78 is 23.8. The Balaban J connectivity index is 2.63. The largest absolute Gasteiger partial charge is 0.306 e. The molecule has 0 aromatic rings. The maximum Gasteiger partial charge on any atom is 0.300 e. The molecule has 1 rings (SSSR count). The summed E-state index contributed by atoms with van der Waals surface area (Å²) in [6.07, 6.45) is 1.74. The molecule has 0 spiro atoms. The Labute approximate surface area is 90.4 Å². The van der Waals surface area contributed by atoms with Gasteiger partial charge in [-0.15, -0.1) is 0 Å². The number of piperidine rings is 1. The molecule has 0 aromatic heterocycles. The van der Waals surface area contributed by atoms with E-state index in [0.29, 0.717) is 6.54 Å². The Morgan fingerprint density at radius 3 is 2.29 bits per heavy atom. The molecule has 1 heterocycles. The first-order valence-electron chi connectivity index (χ1n) is 4.85. The first-order valence-corrected chi connectivity index (χ1v) is 7.11. The van der Waals surface area contributed by atoms with E-state index < -0.39 is 9.24 Å². The highest BCUT2D eigenvalue weighted by Crippen LogP contribution is 2.20. The smallest absolute Gasteiger partial charge is 0.300 e. The van der Waals surface area contributed by atoms with Gasteiger partial charge in [0.25, 0.3) is 9.24 Å². The lowest BCUT2D eigenvalue weighted by atomic mass is 10.1. The Bertz CT molecular complexity index is 273. The van der Waals surface area contributed by atoms with Crippen LogP contribution in [0.25, 0.3) is 0 Å². The highest BCUT2D eigenvalue weighted by molar-refractivity contribution is 8.11. The van der Waals surface area contributed by atoms with E-state index in [1.807, 2.05) is 14.0 Å². The van der Waals surface area contributed by atoms with Crippen LogP contribution in [0.15, 0.2) is 0 Å². The molecule has 4 nitrogen and oxygen atoms in total. The van der Waals surface area contributed by atoms with Gasteiger partial charge in [-0.1, -0.05) is 6.92 Å². The van der Waals surface area contributed by atoms with E-state index in [1.54, 1.807) is 0 Å². The van der Waals surface area contributed by atoms with Crippen molar-refractivity contribution in [1.82, 2.24) is 9.21 Å². The van der Waals surface area contributed by atoms with Gasteiger partial charge in [-0.3, -0.25) is 0 Å². The Morgan fingerprint density at radius 1 is 1.43 bits per heavy atom. The van der Waals surface area contributed by atoms with Crippen molar-refractivity contribution in [2.45, 2.75) is 25.8 Å². The maximum atomic E-state index is 11.2. The van der Waals surface area contributed by atoms with Crippen LogP contribution in [-0.2, 0) is 9.24 Å². The third-order valence-electron chi connectivity index (χ3n) is 2.69. The zero-order valence-electron chi connectivity index (χ0n) is 8.61. The van der Waals surface area contributed by atoms with Gasteiger partial charge in [-0.2, -0.15) is 12.7 Å². The van der Waals surface area contributed by atoms with Crippen LogP contribution < -0.4 is 0 Å². The van der Waals surface area contributed by atoms with Gasteiger partial charge >= 0.3 is 0 Å². The summed E-state index contributed by atoms with van der Waals surface area (Å²) in [5, 5.41) is 0. The Kier molecular flexibility index (Phi) is 4.18. The number of hydrogen-bond donors (Lipinski definition) is 0. The van der Waals surface area contributed by atoms with E-state index in [4.69, 9.17) is 10.7 Å². The van der Waals surface area contributed by atoms with Gasteiger partial charge in [0.05, 0.1) is 0 Å². The zero-order valence-corrected chi connectivity index (χ0v) is 10.2. The van der Waals surface area contributed by atoms with Crippen molar-refractivity contribution in [3.63, 3.8) is 0 Å². The molecule has 0 bridgehead atoms. The molecule has 0 aromatic carbocycles. The van der Waals surface area contributed by atoms with Crippen LogP contribution in [0.3, 0.4) is 0 Å². The molecule has 1 saturated heterocycles. The minimum absolute atomic E-state index is 0.0821. The summed E-state index contributed by atoms with van der Waals surface area (Å²) in [6.45, 7) is 4.15. The summed E-state index contributed by atoms with van der Waals surface area (Å²) >= 11 is 0. The van der Waals surface area contributed by atoms with E-state index in [0.717, 1.165) is 25.9 Å². The van der Waals surface area contributed by atoms with Gasteiger partial charge in [0.1, 0.15) is 0 Å². The molecule has 0 radical (unpaired) electrons. The molecule has 0 saturated carbocycles. The summed E-state index contributed by atoms with van der Waals surface area (Å²) in [5.41, 5.74) is 0. The van der Waals surface area contributed by atoms with Gasteiger partial charge in [-0.25, -0.2) is 0 Å². The second kappa shape index (κ2) is 4.79. The standard InChI is InChI=1S/C8H17ClN2O2S/c1-3-11(14(9,12)13)8-4-6-10(2)7-5-8/h8H,3-7H2,1-2H3. The van der Waals surface area contributed by atoms with Crippen LogP contribution in [0.4, 0.5) is 0 Å². The summed E-state index contributed by atoms with van der Waals surface area (Å²) in [6, 6.07) is 0.0821. The third-order valence-corrected chi connectivity index (χ3v) is 4.34. The average Bonchev–Trinajstić information content (AvgIpc) is 2.07. The van der Waals surface area contributed by atoms with Crippen LogP contribution in [0.1, 0.15) is 19.8 Å². The molecule has 84 valence electrons. The summed E-state index contributed by atoms with van der Waals surface area (Å²) in [7, 11) is 3.85. The number of likely N-dealkylation sites (tertiary alicyclic amines) is 1. The minimum Gasteiger partial charge on any atom is -0.306 e. The highest BCUT2D eigenvalue weighted by Gasteiger charge is 2.29. The molecule has 0 atom stereocenters. The van der Waals surface area contributed by atoms with Crippen molar-refractivity contribution < 1.29 is 8.42 Å². The molecule has 0 aliphatic carbocycles. The predicted octanol–water partition coefficient (Wildman–Crippen LogP) is 0.886. The normalized spacial score (nSPS) is 21.7. The Morgan fingerprint density at radius 2 is 1.93 bits per heavy atom. The lowest BCUT2D eigenvalue weighted by Gasteiger charge is -2.34. The van der Waals surface area contributed by atoms with Crippen molar-refractivity contribution in [3.8, 4) is 0 Å². The number of nitrogens with zero attached hydrogens (tertiary/aromatic N) is 2. The monoisotopic (exact) mass is 240 g/mol. The number of halogens is 1. The van der Waals surface area contributed by atoms with Crippen molar-refractivity contribution in [2.24, 2.45) is 0 Å². The van der Waals surface area contributed by atoms with Crippen LogP contribution >= 0.6 is 10.7 Å². The molecule has 0 N–H and O–H groups in total. The van der Waals surface area contributed by atoms with Gasteiger partial charge in [-0.05, 0) is 33.0 Å². The lowest BCUT2D eigenvalue weighted by molar-refractivity contribution is 0.188. The lowest BCUT2D eigenvalue weighted by Crippen LogP contribution is -2.44.